The number of rotatable bonds is 14. The predicted molar refractivity (Wildman–Crippen MR) is 107 cm³/mol. The maximum absolute atomic E-state index is 6.39. The molecule has 0 unspecified atom stereocenters. The molecule has 0 aromatic heterocycles. The van der Waals surface area contributed by atoms with Crippen LogP contribution in [0.3, 0.4) is 0 Å². The van der Waals surface area contributed by atoms with E-state index in [4.69, 9.17) is 26.6 Å². The van der Waals surface area contributed by atoms with E-state index in [-0.39, 0.29) is 0 Å². The summed E-state index contributed by atoms with van der Waals surface area (Å²) in [6.45, 7) is 15.3. The van der Waals surface area contributed by atoms with Gasteiger partial charge in [0.1, 0.15) is 4.66 Å². The summed E-state index contributed by atoms with van der Waals surface area (Å²) < 4.78 is 37.9. The van der Waals surface area contributed by atoms with Crippen molar-refractivity contribution in [3.05, 3.63) is 0 Å². The quantitative estimate of drug-likeness (QED) is 0.399. The van der Waals surface area contributed by atoms with E-state index in [0.717, 1.165) is 25.7 Å². The van der Waals surface area contributed by atoms with E-state index in [0.29, 0.717) is 39.6 Å². The Morgan fingerprint density at radius 3 is 1.00 bits per heavy atom. The average molecular weight is 409 g/mol. The minimum atomic E-state index is -3.11. The molecule has 0 radical (unpaired) electrons. The first-order valence-corrected chi connectivity index (χ1v) is 13.9. The van der Waals surface area contributed by atoms with Crippen LogP contribution in [-0.2, 0) is 26.6 Å². The van der Waals surface area contributed by atoms with Crippen LogP contribution in [0.1, 0.15) is 73.6 Å². The van der Waals surface area contributed by atoms with Crippen molar-refractivity contribution in [1.82, 2.24) is 0 Å². The average Bonchev–Trinajstić information content (AvgIpc) is 2.63. The van der Waals surface area contributed by atoms with Gasteiger partial charge in [0.25, 0.3) is 0 Å². The molecule has 0 amide bonds. The van der Waals surface area contributed by atoms with E-state index in [2.05, 4.69) is 0 Å². The van der Waals surface area contributed by atoms with Crippen LogP contribution in [0.2, 0.25) is 4.66 Å². The Labute approximate surface area is 162 Å². The highest BCUT2D eigenvalue weighted by Crippen LogP contribution is 2.58. The summed E-state index contributed by atoms with van der Waals surface area (Å²) in [4.78, 5) is 0. The highest BCUT2D eigenvalue weighted by atomic mass is 28.5. The van der Waals surface area contributed by atoms with E-state index in [1.807, 2.05) is 41.5 Å². The third-order valence-electron chi connectivity index (χ3n) is 4.89. The number of hydrogen-bond donors (Lipinski definition) is 0. The van der Waals surface area contributed by atoms with Crippen LogP contribution in [-0.4, -0.2) is 57.3 Å². The lowest BCUT2D eigenvalue weighted by Crippen LogP contribution is -2.71. The van der Waals surface area contributed by atoms with Crippen molar-refractivity contribution in [3.8, 4) is 0 Å². The molecule has 1 rings (SSSR count). The molecule has 0 aromatic carbocycles. The lowest BCUT2D eigenvalue weighted by atomic mass is 9.99. The van der Waals surface area contributed by atoms with Gasteiger partial charge in [0.05, 0.1) is 0 Å². The topological polar surface area (TPSA) is 55.4 Å². The summed E-state index contributed by atoms with van der Waals surface area (Å²) in [5.74, 6) is 0. The van der Waals surface area contributed by atoms with Gasteiger partial charge in [-0.3, -0.25) is 0 Å². The smallest absolute Gasteiger partial charge is 0.373 e. The molecule has 0 N–H and O–H groups in total. The zero-order chi connectivity index (χ0) is 19.5. The molecule has 0 heterocycles. The van der Waals surface area contributed by atoms with Crippen molar-refractivity contribution in [1.29, 1.82) is 0 Å². The standard InChI is InChI=1S/C18H40O6Si2/c1-7-19-25(20-8-2,21-9-3)18(16-14-13-15-17-18)26(22-10-4,23-11-5)24-12-6/h7-17H2,1-6H3. The molecule has 6 nitrogen and oxygen atoms in total. The van der Waals surface area contributed by atoms with Gasteiger partial charge < -0.3 is 26.6 Å². The van der Waals surface area contributed by atoms with E-state index < -0.39 is 22.3 Å². The van der Waals surface area contributed by atoms with Gasteiger partial charge in [-0.25, -0.2) is 0 Å². The fourth-order valence-corrected chi connectivity index (χ4v) is 13.3. The molecule has 26 heavy (non-hydrogen) atoms. The van der Waals surface area contributed by atoms with Crippen molar-refractivity contribution in [2.75, 3.05) is 39.6 Å². The van der Waals surface area contributed by atoms with Crippen LogP contribution in [0.25, 0.3) is 0 Å². The summed E-state index contributed by atoms with van der Waals surface area (Å²) in [6, 6.07) is 0. The van der Waals surface area contributed by atoms with Crippen LogP contribution >= 0.6 is 0 Å². The van der Waals surface area contributed by atoms with Crippen molar-refractivity contribution in [3.63, 3.8) is 0 Å². The maximum Gasteiger partial charge on any atom is 0.512 e. The summed E-state index contributed by atoms with van der Waals surface area (Å²) in [5, 5.41) is 0. The van der Waals surface area contributed by atoms with Crippen LogP contribution in [0.5, 0.6) is 0 Å². The van der Waals surface area contributed by atoms with Gasteiger partial charge in [0, 0.05) is 39.6 Å². The largest absolute Gasteiger partial charge is 0.512 e. The molecule has 0 aliphatic heterocycles. The summed E-state index contributed by atoms with van der Waals surface area (Å²) in [5.41, 5.74) is 0. The first-order chi connectivity index (χ1) is 12.6. The van der Waals surface area contributed by atoms with Crippen LogP contribution in [0.15, 0.2) is 0 Å². The fraction of sp³-hybridized carbons (Fsp3) is 1.00. The van der Waals surface area contributed by atoms with Crippen LogP contribution < -0.4 is 0 Å². The Morgan fingerprint density at radius 1 is 0.500 bits per heavy atom. The Bertz CT molecular complexity index is 315. The highest BCUT2D eigenvalue weighted by Gasteiger charge is 2.76. The molecule has 0 atom stereocenters. The summed E-state index contributed by atoms with van der Waals surface area (Å²) >= 11 is 0. The summed E-state index contributed by atoms with van der Waals surface area (Å²) in [6.07, 6.45) is 5.19. The van der Waals surface area contributed by atoms with Gasteiger partial charge in [0.15, 0.2) is 0 Å². The molecule has 0 saturated heterocycles. The molecule has 0 bridgehead atoms. The molecule has 1 aliphatic rings. The lowest BCUT2D eigenvalue weighted by Gasteiger charge is -2.53. The second kappa shape index (κ2) is 11.9. The molecule has 1 saturated carbocycles. The van der Waals surface area contributed by atoms with Gasteiger partial charge in [-0.05, 0) is 54.4 Å². The molecular formula is C18H40O6Si2. The van der Waals surface area contributed by atoms with E-state index >= 15 is 0 Å². The molecule has 8 heteroatoms. The van der Waals surface area contributed by atoms with Crippen LogP contribution in [0.4, 0.5) is 0 Å². The van der Waals surface area contributed by atoms with Crippen molar-refractivity contribution < 1.29 is 26.6 Å². The second-order valence-corrected chi connectivity index (χ2v) is 12.7. The Hall–Kier alpha value is 0.194. The van der Waals surface area contributed by atoms with Gasteiger partial charge in [0.2, 0.25) is 0 Å². The first-order valence-electron chi connectivity index (χ1n) is 10.4. The minimum Gasteiger partial charge on any atom is -0.373 e. The molecule has 156 valence electrons. The zero-order valence-corrected chi connectivity index (χ0v) is 19.7. The molecule has 1 aliphatic carbocycles. The van der Waals surface area contributed by atoms with Gasteiger partial charge >= 0.3 is 17.6 Å². The van der Waals surface area contributed by atoms with Crippen molar-refractivity contribution in [2.24, 2.45) is 0 Å². The Morgan fingerprint density at radius 2 is 0.769 bits per heavy atom. The SMILES string of the molecule is CCO[Si](OCC)(OCC)C1([Si](OCC)(OCC)OCC)CCCCC1. The van der Waals surface area contributed by atoms with E-state index in [1.54, 1.807) is 0 Å². The fourth-order valence-electron chi connectivity index (χ4n) is 4.17. The minimum absolute atomic E-state index is 0.442. The Kier molecular flexibility index (Phi) is 11.1. The first kappa shape index (κ1) is 24.2. The van der Waals surface area contributed by atoms with Crippen molar-refractivity contribution in [2.45, 2.75) is 78.3 Å². The van der Waals surface area contributed by atoms with Crippen molar-refractivity contribution >= 4 is 17.6 Å². The third kappa shape index (κ3) is 4.78. The molecule has 0 spiro atoms. The summed E-state index contributed by atoms with van der Waals surface area (Å²) in [7, 11) is -6.21. The second-order valence-electron chi connectivity index (χ2n) is 6.35. The molecule has 0 aromatic rings. The zero-order valence-electron chi connectivity index (χ0n) is 17.7. The maximum atomic E-state index is 6.39. The molecular weight excluding hydrogens is 368 g/mol. The van der Waals surface area contributed by atoms with Gasteiger partial charge in [-0.2, -0.15) is 0 Å². The molecule has 1 fully saturated rings. The van der Waals surface area contributed by atoms with Gasteiger partial charge in [-0.15, -0.1) is 0 Å². The van der Waals surface area contributed by atoms with E-state index in [9.17, 15) is 0 Å². The monoisotopic (exact) mass is 408 g/mol. The lowest BCUT2D eigenvalue weighted by molar-refractivity contribution is 0.00185. The normalized spacial score (nSPS) is 18.2. The van der Waals surface area contributed by atoms with Crippen LogP contribution in [0, 0.1) is 0 Å². The predicted octanol–water partition coefficient (Wildman–Crippen LogP) is 4.33. The highest BCUT2D eigenvalue weighted by molar-refractivity contribution is 6.85. The number of hydrogen-bond acceptors (Lipinski definition) is 6. The Balaban J connectivity index is 3.60. The van der Waals surface area contributed by atoms with E-state index in [1.165, 1.54) is 6.42 Å². The van der Waals surface area contributed by atoms with Gasteiger partial charge in [-0.1, -0.05) is 19.3 Å². The third-order valence-corrected chi connectivity index (χ3v) is 14.1.